The molecule has 0 heterocycles. The summed E-state index contributed by atoms with van der Waals surface area (Å²) < 4.78 is 5.89. The largest absolute Gasteiger partial charge is 0.493 e. The molecular formula is C17H24IN3O. The fourth-order valence-electron chi connectivity index (χ4n) is 1.91. The van der Waals surface area contributed by atoms with E-state index in [1.54, 1.807) is 0 Å². The van der Waals surface area contributed by atoms with Gasteiger partial charge in [0.1, 0.15) is 5.75 Å². The first-order valence-electron chi connectivity index (χ1n) is 7.49. The number of benzene rings is 1. The van der Waals surface area contributed by atoms with Gasteiger partial charge in [-0.2, -0.15) is 0 Å². The number of hydrogen-bond donors (Lipinski definition) is 2. The molecule has 0 aliphatic heterocycles. The zero-order valence-electron chi connectivity index (χ0n) is 13.0. The van der Waals surface area contributed by atoms with E-state index < -0.39 is 0 Å². The van der Waals surface area contributed by atoms with Crippen molar-refractivity contribution < 1.29 is 4.74 Å². The van der Waals surface area contributed by atoms with E-state index in [-0.39, 0.29) is 24.0 Å². The van der Waals surface area contributed by atoms with Crippen molar-refractivity contribution in [3.63, 3.8) is 0 Å². The molecule has 5 heteroatoms. The maximum Gasteiger partial charge on any atom is 0.192 e. The van der Waals surface area contributed by atoms with Gasteiger partial charge in [-0.3, -0.25) is 0 Å². The maximum absolute atomic E-state index is 5.89. The highest BCUT2D eigenvalue weighted by Crippen LogP contribution is 2.30. The Hall–Kier alpha value is -1.42. The Balaban J connectivity index is 0.00000242. The molecule has 120 valence electrons. The summed E-state index contributed by atoms with van der Waals surface area (Å²) in [5, 5.41) is 6.25. The summed E-state index contributed by atoms with van der Waals surface area (Å²) in [5.74, 6) is 4.96. The van der Waals surface area contributed by atoms with Gasteiger partial charge < -0.3 is 15.4 Å². The minimum atomic E-state index is 0. The lowest BCUT2D eigenvalue weighted by atomic mass is 10.2. The number of nitrogens with zero attached hydrogens (tertiary/aromatic N) is 1. The van der Waals surface area contributed by atoms with Crippen LogP contribution in [0.25, 0.3) is 0 Å². The second kappa shape index (κ2) is 10.3. The van der Waals surface area contributed by atoms with Crippen LogP contribution >= 0.6 is 24.0 Å². The van der Waals surface area contributed by atoms with Crippen LogP contribution in [0.5, 0.6) is 5.75 Å². The van der Waals surface area contributed by atoms with Crippen molar-refractivity contribution in [3.8, 4) is 18.1 Å². The van der Waals surface area contributed by atoms with Crippen molar-refractivity contribution in [2.24, 2.45) is 10.9 Å². The van der Waals surface area contributed by atoms with Crippen LogP contribution in [0.3, 0.4) is 0 Å². The fourth-order valence-corrected chi connectivity index (χ4v) is 1.91. The molecule has 0 atom stereocenters. The third-order valence-corrected chi connectivity index (χ3v) is 3.25. The number of aliphatic imine (C=N–C) groups is 1. The van der Waals surface area contributed by atoms with Crippen LogP contribution in [-0.4, -0.2) is 25.7 Å². The molecule has 1 fully saturated rings. The number of terminal acetylenes is 1. The number of hydrogen-bond acceptors (Lipinski definition) is 2. The van der Waals surface area contributed by atoms with Gasteiger partial charge >= 0.3 is 0 Å². The standard InChI is InChI=1S/C17H23N3O.HI/c1-3-11-19-17(18-4-2)20-12-15-7-5-6-8-16(15)21-13-14-9-10-14;/h1,5-8,14H,4,9-13H2,2H3,(H2,18,19,20);1H. The number of rotatable bonds is 7. The molecule has 0 saturated heterocycles. The molecule has 0 bridgehead atoms. The van der Waals surface area contributed by atoms with Gasteiger partial charge in [0.25, 0.3) is 0 Å². The van der Waals surface area contributed by atoms with E-state index in [4.69, 9.17) is 11.2 Å². The number of halogens is 1. The molecule has 1 aromatic carbocycles. The Morgan fingerprint density at radius 2 is 2.14 bits per heavy atom. The van der Waals surface area contributed by atoms with Gasteiger partial charge in [0, 0.05) is 12.1 Å². The van der Waals surface area contributed by atoms with Gasteiger partial charge in [-0.1, -0.05) is 24.1 Å². The summed E-state index contributed by atoms with van der Waals surface area (Å²) in [4.78, 5) is 4.54. The van der Waals surface area contributed by atoms with Gasteiger partial charge in [-0.25, -0.2) is 4.99 Å². The SMILES string of the molecule is C#CCNC(=NCc1ccccc1OCC1CC1)NCC.I. The quantitative estimate of drug-likeness (QED) is 0.313. The van der Waals surface area contributed by atoms with Crippen LogP contribution in [0, 0.1) is 18.3 Å². The summed E-state index contributed by atoms with van der Waals surface area (Å²) in [6.45, 7) is 4.68. The second-order valence-electron chi connectivity index (χ2n) is 5.11. The third kappa shape index (κ3) is 6.56. The monoisotopic (exact) mass is 413 g/mol. The Morgan fingerprint density at radius 1 is 1.36 bits per heavy atom. The molecular weight excluding hydrogens is 389 g/mol. The molecule has 0 amide bonds. The van der Waals surface area contributed by atoms with E-state index in [0.717, 1.165) is 36.3 Å². The predicted octanol–water partition coefficient (Wildman–Crippen LogP) is 2.78. The van der Waals surface area contributed by atoms with Crippen molar-refractivity contribution in [2.75, 3.05) is 19.7 Å². The first-order chi connectivity index (χ1) is 10.3. The fraction of sp³-hybridized carbons (Fsp3) is 0.471. The summed E-state index contributed by atoms with van der Waals surface area (Å²) in [5.41, 5.74) is 1.09. The van der Waals surface area contributed by atoms with E-state index in [2.05, 4.69) is 27.6 Å². The highest BCUT2D eigenvalue weighted by Gasteiger charge is 2.22. The second-order valence-corrected chi connectivity index (χ2v) is 5.11. The molecule has 4 nitrogen and oxygen atoms in total. The Morgan fingerprint density at radius 3 is 2.82 bits per heavy atom. The van der Waals surface area contributed by atoms with Crippen molar-refractivity contribution in [2.45, 2.75) is 26.3 Å². The molecule has 2 N–H and O–H groups in total. The molecule has 1 aromatic rings. The zero-order chi connectivity index (χ0) is 14.9. The number of para-hydroxylation sites is 1. The first kappa shape index (κ1) is 18.6. The summed E-state index contributed by atoms with van der Waals surface area (Å²) >= 11 is 0. The van der Waals surface area contributed by atoms with Gasteiger partial charge in [-0.05, 0) is 31.7 Å². The Labute approximate surface area is 150 Å². The number of ether oxygens (including phenoxy) is 1. The van der Waals surface area contributed by atoms with Gasteiger partial charge in [0.2, 0.25) is 0 Å². The molecule has 22 heavy (non-hydrogen) atoms. The van der Waals surface area contributed by atoms with Crippen LogP contribution in [-0.2, 0) is 6.54 Å². The van der Waals surface area contributed by atoms with Gasteiger partial charge in [0.05, 0.1) is 19.7 Å². The topological polar surface area (TPSA) is 45.7 Å². The van der Waals surface area contributed by atoms with Crippen molar-refractivity contribution in [1.82, 2.24) is 10.6 Å². The molecule has 1 aliphatic carbocycles. The lowest BCUT2D eigenvalue weighted by Gasteiger charge is -2.11. The summed E-state index contributed by atoms with van der Waals surface area (Å²) in [7, 11) is 0. The van der Waals surface area contributed by atoms with E-state index in [9.17, 15) is 0 Å². The van der Waals surface area contributed by atoms with Gasteiger partial charge in [0.15, 0.2) is 5.96 Å². The highest BCUT2D eigenvalue weighted by molar-refractivity contribution is 14.0. The Bertz CT molecular complexity index is 521. The van der Waals surface area contributed by atoms with Crippen LogP contribution in [0.1, 0.15) is 25.3 Å². The third-order valence-electron chi connectivity index (χ3n) is 3.25. The average Bonchev–Trinajstić information content (AvgIpc) is 3.33. The van der Waals surface area contributed by atoms with Crippen molar-refractivity contribution in [3.05, 3.63) is 29.8 Å². The van der Waals surface area contributed by atoms with Crippen molar-refractivity contribution >= 4 is 29.9 Å². The molecule has 1 aliphatic rings. The smallest absolute Gasteiger partial charge is 0.192 e. The normalized spacial score (nSPS) is 13.7. The highest BCUT2D eigenvalue weighted by atomic mass is 127. The van der Waals surface area contributed by atoms with Crippen molar-refractivity contribution in [1.29, 1.82) is 0 Å². The van der Waals surface area contributed by atoms with Crippen LogP contribution in [0.15, 0.2) is 29.3 Å². The van der Waals surface area contributed by atoms with Crippen LogP contribution in [0.4, 0.5) is 0 Å². The minimum Gasteiger partial charge on any atom is -0.493 e. The molecule has 0 radical (unpaired) electrons. The minimum absolute atomic E-state index is 0. The molecule has 1 saturated carbocycles. The van der Waals surface area contributed by atoms with E-state index in [1.165, 1.54) is 12.8 Å². The van der Waals surface area contributed by atoms with Crippen LogP contribution in [0.2, 0.25) is 0 Å². The average molecular weight is 413 g/mol. The first-order valence-corrected chi connectivity index (χ1v) is 7.49. The molecule has 0 aromatic heterocycles. The van der Waals surface area contributed by atoms with E-state index in [1.807, 2.05) is 25.1 Å². The summed E-state index contributed by atoms with van der Waals surface area (Å²) in [6, 6.07) is 8.07. The van der Waals surface area contributed by atoms with Gasteiger partial charge in [-0.15, -0.1) is 30.4 Å². The zero-order valence-corrected chi connectivity index (χ0v) is 15.3. The lowest BCUT2D eigenvalue weighted by molar-refractivity contribution is 0.297. The Kier molecular flexibility index (Phi) is 8.75. The van der Waals surface area contributed by atoms with E-state index >= 15 is 0 Å². The predicted molar refractivity (Wildman–Crippen MR) is 102 cm³/mol. The molecule has 0 spiro atoms. The van der Waals surface area contributed by atoms with Crippen LogP contribution < -0.4 is 15.4 Å². The molecule has 0 unspecified atom stereocenters. The molecule has 2 rings (SSSR count). The lowest BCUT2D eigenvalue weighted by Crippen LogP contribution is -2.37. The number of guanidine groups is 1. The summed E-state index contributed by atoms with van der Waals surface area (Å²) in [6.07, 6.45) is 7.85. The number of nitrogens with one attached hydrogen (secondary N) is 2. The maximum atomic E-state index is 5.89. The van der Waals surface area contributed by atoms with E-state index in [0.29, 0.717) is 13.1 Å².